The first-order chi connectivity index (χ1) is 11.8. The van der Waals surface area contributed by atoms with E-state index in [4.69, 9.17) is 11.6 Å². The fourth-order valence-electron chi connectivity index (χ4n) is 3.24. The van der Waals surface area contributed by atoms with E-state index in [-0.39, 0.29) is 0 Å². The molecule has 0 amide bonds. The third-order valence-corrected chi connectivity index (χ3v) is 6.20. The SMILES string of the molecule is Clc1cc2cnccc2cc1S[C@H]1CCN(Cc2ccccc2)C1. The molecule has 0 bridgehead atoms. The molecule has 0 N–H and O–H groups in total. The topological polar surface area (TPSA) is 16.1 Å². The van der Waals surface area contributed by atoms with Crippen LogP contribution in [0.4, 0.5) is 0 Å². The predicted molar refractivity (Wildman–Crippen MR) is 103 cm³/mol. The van der Waals surface area contributed by atoms with Crippen LogP contribution < -0.4 is 0 Å². The monoisotopic (exact) mass is 354 g/mol. The summed E-state index contributed by atoms with van der Waals surface area (Å²) < 4.78 is 0. The van der Waals surface area contributed by atoms with E-state index in [2.05, 4.69) is 46.3 Å². The third-order valence-electron chi connectivity index (χ3n) is 4.46. The van der Waals surface area contributed by atoms with Crippen molar-refractivity contribution in [2.45, 2.75) is 23.1 Å². The average molecular weight is 355 g/mol. The van der Waals surface area contributed by atoms with Crippen molar-refractivity contribution in [2.75, 3.05) is 13.1 Å². The van der Waals surface area contributed by atoms with Gasteiger partial charge < -0.3 is 0 Å². The van der Waals surface area contributed by atoms with Crippen LogP contribution in [-0.2, 0) is 6.54 Å². The molecular weight excluding hydrogens is 336 g/mol. The molecule has 2 heterocycles. The number of thioether (sulfide) groups is 1. The summed E-state index contributed by atoms with van der Waals surface area (Å²) in [6.07, 6.45) is 4.91. The summed E-state index contributed by atoms with van der Waals surface area (Å²) in [5.41, 5.74) is 1.39. The number of halogens is 1. The molecule has 2 aromatic carbocycles. The lowest BCUT2D eigenvalue weighted by Crippen LogP contribution is -2.20. The molecule has 0 spiro atoms. The van der Waals surface area contributed by atoms with Gasteiger partial charge in [-0.25, -0.2) is 0 Å². The molecule has 0 saturated carbocycles. The van der Waals surface area contributed by atoms with E-state index in [1.807, 2.05) is 36.3 Å². The molecule has 1 aliphatic rings. The summed E-state index contributed by atoms with van der Waals surface area (Å²) in [7, 11) is 0. The zero-order valence-electron chi connectivity index (χ0n) is 13.4. The molecule has 1 saturated heterocycles. The van der Waals surface area contributed by atoms with E-state index in [9.17, 15) is 0 Å². The second kappa shape index (κ2) is 7.14. The molecule has 24 heavy (non-hydrogen) atoms. The van der Waals surface area contributed by atoms with Gasteiger partial charge in [0.2, 0.25) is 0 Å². The number of benzene rings is 2. The van der Waals surface area contributed by atoms with Crippen molar-refractivity contribution in [3.05, 3.63) is 71.5 Å². The van der Waals surface area contributed by atoms with E-state index in [0.717, 1.165) is 30.0 Å². The number of hydrogen-bond donors (Lipinski definition) is 0. The largest absolute Gasteiger partial charge is 0.298 e. The first kappa shape index (κ1) is 15.9. The lowest BCUT2D eigenvalue weighted by atomic mass is 10.2. The van der Waals surface area contributed by atoms with Gasteiger partial charge in [0.1, 0.15) is 0 Å². The third kappa shape index (κ3) is 3.59. The van der Waals surface area contributed by atoms with Gasteiger partial charge in [-0.1, -0.05) is 41.9 Å². The highest BCUT2D eigenvalue weighted by molar-refractivity contribution is 8.00. The summed E-state index contributed by atoms with van der Waals surface area (Å²) in [5.74, 6) is 0. The Morgan fingerprint density at radius 2 is 2.00 bits per heavy atom. The number of likely N-dealkylation sites (tertiary alicyclic amines) is 1. The van der Waals surface area contributed by atoms with Crippen molar-refractivity contribution < 1.29 is 0 Å². The normalized spacial score (nSPS) is 18.3. The number of pyridine rings is 1. The Morgan fingerprint density at radius 1 is 1.12 bits per heavy atom. The Morgan fingerprint density at radius 3 is 2.88 bits per heavy atom. The number of aromatic nitrogens is 1. The zero-order valence-corrected chi connectivity index (χ0v) is 14.9. The lowest BCUT2D eigenvalue weighted by Gasteiger charge is -2.16. The maximum atomic E-state index is 6.49. The van der Waals surface area contributed by atoms with E-state index in [0.29, 0.717) is 5.25 Å². The van der Waals surface area contributed by atoms with Crippen molar-refractivity contribution in [2.24, 2.45) is 0 Å². The van der Waals surface area contributed by atoms with Crippen molar-refractivity contribution in [1.29, 1.82) is 0 Å². The van der Waals surface area contributed by atoms with Gasteiger partial charge in [0, 0.05) is 41.0 Å². The molecule has 4 rings (SSSR count). The van der Waals surface area contributed by atoms with Gasteiger partial charge in [0.05, 0.1) is 5.02 Å². The Labute approximate surface area is 151 Å². The summed E-state index contributed by atoms with van der Waals surface area (Å²) in [6, 6.07) is 17.0. The molecule has 122 valence electrons. The van der Waals surface area contributed by atoms with Crippen LogP contribution in [-0.4, -0.2) is 28.2 Å². The van der Waals surface area contributed by atoms with Gasteiger partial charge in [0.15, 0.2) is 0 Å². The van der Waals surface area contributed by atoms with E-state index in [1.165, 1.54) is 22.3 Å². The van der Waals surface area contributed by atoms with E-state index in [1.54, 1.807) is 0 Å². The maximum absolute atomic E-state index is 6.49. The first-order valence-electron chi connectivity index (χ1n) is 8.24. The van der Waals surface area contributed by atoms with Crippen LogP contribution in [0.1, 0.15) is 12.0 Å². The van der Waals surface area contributed by atoms with Gasteiger partial charge >= 0.3 is 0 Å². The van der Waals surface area contributed by atoms with Crippen LogP contribution in [0.15, 0.2) is 65.8 Å². The Balaban J connectivity index is 1.44. The van der Waals surface area contributed by atoms with Crippen molar-refractivity contribution in [3.8, 4) is 0 Å². The Kier molecular flexibility index (Phi) is 4.74. The fraction of sp³-hybridized carbons (Fsp3) is 0.250. The maximum Gasteiger partial charge on any atom is 0.0548 e. The molecule has 0 unspecified atom stereocenters. The predicted octanol–water partition coefficient (Wildman–Crippen LogP) is 5.25. The zero-order chi connectivity index (χ0) is 16.4. The van der Waals surface area contributed by atoms with Crippen molar-refractivity contribution >= 4 is 34.1 Å². The van der Waals surface area contributed by atoms with Gasteiger partial charge in [0.25, 0.3) is 0 Å². The first-order valence-corrected chi connectivity index (χ1v) is 9.50. The summed E-state index contributed by atoms with van der Waals surface area (Å²) >= 11 is 8.40. The molecule has 1 aromatic heterocycles. The number of rotatable bonds is 4. The minimum absolute atomic E-state index is 0.602. The van der Waals surface area contributed by atoms with E-state index >= 15 is 0 Å². The highest BCUT2D eigenvalue weighted by atomic mass is 35.5. The Bertz CT molecular complexity index is 837. The molecule has 0 radical (unpaired) electrons. The van der Waals surface area contributed by atoms with Crippen LogP contribution in [0.5, 0.6) is 0 Å². The molecule has 1 atom stereocenters. The second-order valence-corrected chi connectivity index (χ2v) is 8.00. The highest BCUT2D eigenvalue weighted by Crippen LogP contribution is 2.37. The van der Waals surface area contributed by atoms with Crippen LogP contribution in [0.3, 0.4) is 0 Å². The molecule has 2 nitrogen and oxygen atoms in total. The standard InChI is InChI=1S/C20H19ClN2S/c21-19-10-17-12-22-8-6-16(17)11-20(19)24-18-7-9-23(14-18)13-15-4-2-1-3-5-15/h1-6,8,10-12,18H,7,9,13-14H2/t18-/m0/s1. The average Bonchev–Trinajstić information content (AvgIpc) is 3.03. The quantitative estimate of drug-likeness (QED) is 0.636. The Hall–Kier alpha value is -1.55. The number of fused-ring (bicyclic) bond motifs is 1. The molecule has 3 aromatic rings. The molecule has 0 aliphatic carbocycles. The molecule has 1 fully saturated rings. The minimum atomic E-state index is 0.602. The number of hydrogen-bond acceptors (Lipinski definition) is 3. The van der Waals surface area contributed by atoms with Gasteiger partial charge in [-0.15, -0.1) is 11.8 Å². The van der Waals surface area contributed by atoms with Gasteiger partial charge in [-0.2, -0.15) is 0 Å². The molecular formula is C20H19ClN2S. The van der Waals surface area contributed by atoms with Crippen LogP contribution in [0, 0.1) is 0 Å². The molecule has 1 aliphatic heterocycles. The minimum Gasteiger partial charge on any atom is -0.298 e. The second-order valence-electron chi connectivity index (χ2n) is 6.25. The van der Waals surface area contributed by atoms with Crippen molar-refractivity contribution in [3.63, 3.8) is 0 Å². The van der Waals surface area contributed by atoms with E-state index < -0.39 is 0 Å². The smallest absolute Gasteiger partial charge is 0.0548 e. The number of nitrogens with zero attached hydrogens (tertiary/aromatic N) is 2. The molecule has 4 heteroatoms. The van der Waals surface area contributed by atoms with Crippen LogP contribution in [0.2, 0.25) is 5.02 Å². The fourth-order valence-corrected chi connectivity index (χ4v) is 4.78. The highest BCUT2D eigenvalue weighted by Gasteiger charge is 2.24. The van der Waals surface area contributed by atoms with Crippen LogP contribution in [0.25, 0.3) is 10.8 Å². The van der Waals surface area contributed by atoms with Crippen molar-refractivity contribution in [1.82, 2.24) is 9.88 Å². The lowest BCUT2D eigenvalue weighted by molar-refractivity contribution is 0.332. The summed E-state index contributed by atoms with van der Waals surface area (Å²) in [5, 5.41) is 3.74. The van der Waals surface area contributed by atoms with Crippen LogP contribution >= 0.6 is 23.4 Å². The van der Waals surface area contributed by atoms with Gasteiger partial charge in [-0.3, -0.25) is 9.88 Å². The summed E-state index contributed by atoms with van der Waals surface area (Å²) in [4.78, 5) is 7.88. The summed E-state index contributed by atoms with van der Waals surface area (Å²) in [6.45, 7) is 3.31. The van der Waals surface area contributed by atoms with Gasteiger partial charge in [-0.05, 0) is 42.1 Å².